The lowest BCUT2D eigenvalue weighted by Gasteiger charge is -2.31. The molecule has 108 valence electrons. The average Bonchev–Trinajstić information content (AvgIpc) is 2.71. The zero-order chi connectivity index (χ0) is 14.4. The summed E-state index contributed by atoms with van der Waals surface area (Å²) in [4.78, 5) is 11.9. The van der Waals surface area contributed by atoms with Gasteiger partial charge >= 0.3 is 5.97 Å². The van der Waals surface area contributed by atoms with Crippen molar-refractivity contribution in [3.8, 4) is 5.75 Å². The first kappa shape index (κ1) is 13.5. The van der Waals surface area contributed by atoms with E-state index in [4.69, 9.17) is 9.47 Å². The van der Waals surface area contributed by atoms with Gasteiger partial charge in [0.25, 0.3) is 0 Å². The molecule has 20 heavy (non-hydrogen) atoms. The van der Waals surface area contributed by atoms with E-state index in [1.54, 1.807) is 0 Å². The molecule has 3 atom stereocenters. The number of esters is 1. The Labute approximate surface area is 120 Å². The second kappa shape index (κ2) is 4.80. The second-order valence-corrected chi connectivity index (χ2v) is 5.99. The number of benzene rings is 1. The van der Waals surface area contributed by atoms with Gasteiger partial charge in [0.05, 0.1) is 12.5 Å². The largest absolute Gasteiger partial charge is 0.494 e. The van der Waals surface area contributed by atoms with Gasteiger partial charge in [0.1, 0.15) is 11.9 Å². The zero-order valence-corrected chi connectivity index (χ0v) is 12.7. The van der Waals surface area contributed by atoms with Gasteiger partial charge in [-0.15, -0.1) is 0 Å². The lowest BCUT2D eigenvalue weighted by molar-refractivity contribution is -0.144. The number of rotatable bonds is 2. The minimum absolute atomic E-state index is 0.0172. The normalized spacial score (nSPS) is 27.8. The highest BCUT2D eigenvalue weighted by Crippen LogP contribution is 2.49. The van der Waals surface area contributed by atoms with Crippen molar-refractivity contribution in [2.45, 2.75) is 46.6 Å². The maximum Gasteiger partial charge on any atom is 0.309 e. The Balaban J connectivity index is 2.13. The molecule has 0 spiro atoms. The maximum absolute atomic E-state index is 11.9. The van der Waals surface area contributed by atoms with Crippen LogP contribution in [0.4, 0.5) is 0 Å². The summed E-state index contributed by atoms with van der Waals surface area (Å²) >= 11 is 0. The van der Waals surface area contributed by atoms with E-state index in [1.165, 1.54) is 16.7 Å². The third-order valence-electron chi connectivity index (χ3n) is 4.88. The number of ether oxygens (including phenoxy) is 2. The first-order valence-corrected chi connectivity index (χ1v) is 7.50. The molecular formula is C17H22O3. The smallest absolute Gasteiger partial charge is 0.309 e. The standard InChI is InChI=1S/C17H22O3/c1-5-19-14-8-9(2)12-6-7-13-10(3)17(18)20-16(13)15(12)11(14)4/h8,10,13,16H,5-7H2,1-4H3/t10-,13-,16+/m0/s1. The summed E-state index contributed by atoms with van der Waals surface area (Å²) in [7, 11) is 0. The monoisotopic (exact) mass is 274 g/mol. The summed E-state index contributed by atoms with van der Waals surface area (Å²) in [5.74, 6) is 1.22. The Morgan fingerprint density at radius 1 is 1.40 bits per heavy atom. The summed E-state index contributed by atoms with van der Waals surface area (Å²) in [5, 5.41) is 0. The fraction of sp³-hybridized carbons (Fsp3) is 0.588. The van der Waals surface area contributed by atoms with Crippen LogP contribution in [-0.4, -0.2) is 12.6 Å². The number of aryl methyl sites for hydroxylation is 1. The number of hydrogen-bond acceptors (Lipinski definition) is 3. The minimum Gasteiger partial charge on any atom is -0.494 e. The molecule has 0 amide bonds. The molecule has 0 unspecified atom stereocenters. The van der Waals surface area contributed by atoms with Crippen LogP contribution >= 0.6 is 0 Å². The summed E-state index contributed by atoms with van der Waals surface area (Å²) in [6, 6.07) is 2.12. The van der Waals surface area contributed by atoms with Gasteiger partial charge in [0, 0.05) is 11.5 Å². The highest BCUT2D eigenvalue weighted by atomic mass is 16.6. The van der Waals surface area contributed by atoms with Crippen LogP contribution in [-0.2, 0) is 16.0 Å². The van der Waals surface area contributed by atoms with E-state index in [1.807, 2.05) is 13.8 Å². The fourth-order valence-corrected chi connectivity index (χ4v) is 3.73. The molecule has 3 rings (SSSR count). The molecule has 1 fully saturated rings. The summed E-state index contributed by atoms with van der Waals surface area (Å²) < 4.78 is 11.4. The summed E-state index contributed by atoms with van der Waals surface area (Å²) in [6.45, 7) is 8.86. The van der Waals surface area contributed by atoms with Crippen LogP contribution in [0.1, 0.15) is 48.6 Å². The molecule has 0 bridgehead atoms. The molecule has 1 aliphatic carbocycles. The van der Waals surface area contributed by atoms with Crippen LogP contribution < -0.4 is 4.74 Å². The molecule has 0 aromatic heterocycles. The molecule has 0 saturated carbocycles. The SMILES string of the molecule is CCOc1cc(C)c2c(c1C)[C@@H]1OC(=O)[C@@H](C)[C@@H]1CC2. The van der Waals surface area contributed by atoms with Crippen molar-refractivity contribution in [1.29, 1.82) is 0 Å². The minimum atomic E-state index is -0.0691. The van der Waals surface area contributed by atoms with Crippen LogP contribution in [0.15, 0.2) is 6.07 Å². The van der Waals surface area contributed by atoms with Crippen molar-refractivity contribution in [3.63, 3.8) is 0 Å². The Bertz CT molecular complexity index is 562. The van der Waals surface area contributed by atoms with Gasteiger partial charge in [-0.2, -0.15) is 0 Å². The summed E-state index contributed by atoms with van der Waals surface area (Å²) in [5.41, 5.74) is 4.96. The Hall–Kier alpha value is -1.51. The van der Waals surface area contributed by atoms with E-state index in [9.17, 15) is 4.79 Å². The maximum atomic E-state index is 11.9. The lowest BCUT2D eigenvalue weighted by atomic mass is 9.74. The van der Waals surface area contributed by atoms with E-state index >= 15 is 0 Å². The van der Waals surface area contributed by atoms with E-state index < -0.39 is 0 Å². The number of fused-ring (bicyclic) bond motifs is 3. The zero-order valence-electron chi connectivity index (χ0n) is 12.7. The Kier molecular flexibility index (Phi) is 3.23. The average molecular weight is 274 g/mol. The molecule has 1 heterocycles. The van der Waals surface area contributed by atoms with Crippen molar-refractivity contribution < 1.29 is 14.3 Å². The lowest BCUT2D eigenvalue weighted by Crippen LogP contribution is -2.22. The van der Waals surface area contributed by atoms with Crippen LogP contribution in [0.25, 0.3) is 0 Å². The van der Waals surface area contributed by atoms with Crippen LogP contribution in [0.5, 0.6) is 5.75 Å². The molecule has 1 aromatic rings. The molecule has 3 heteroatoms. The quantitative estimate of drug-likeness (QED) is 0.774. The van der Waals surface area contributed by atoms with Crippen molar-refractivity contribution in [2.24, 2.45) is 11.8 Å². The third-order valence-corrected chi connectivity index (χ3v) is 4.88. The molecule has 2 aliphatic rings. The Morgan fingerprint density at radius 2 is 2.15 bits per heavy atom. The number of hydrogen-bond donors (Lipinski definition) is 0. The van der Waals surface area contributed by atoms with E-state index in [2.05, 4.69) is 19.9 Å². The van der Waals surface area contributed by atoms with E-state index in [-0.39, 0.29) is 18.0 Å². The van der Waals surface area contributed by atoms with Gasteiger partial charge in [-0.3, -0.25) is 4.79 Å². The highest BCUT2D eigenvalue weighted by Gasteiger charge is 2.46. The van der Waals surface area contributed by atoms with Crippen molar-refractivity contribution in [3.05, 3.63) is 28.3 Å². The van der Waals surface area contributed by atoms with Gasteiger partial charge in [0.2, 0.25) is 0 Å². The van der Waals surface area contributed by atoms with Gasteiger partial charge in [0.15, 0.2) is 0 Å². The van der Waals surface area contributed by atoms with Crippen molar-refractivity contribution in [1.82, 2.24) is 0 Å². The summed E-state index contributed by atoms with van der Waals surface area (Å²) in [6.07, 6.45) is 2.01. The van der Waals surface area contributed by atoms with Crippen LogP contribution in [0, 0.1) is 25.7 Å². The van der Waals surface area contributed by atoms with Crippen molar-refractivity contribution in [2.75, 3.05) is 6.61 Å². The van der Waals surface area contributed by atoms with Crippen LogP contribution in [0.3, 0.4) is 0 Å². The second-order valence-electron chi connectivity index (χ2n) is 5.99. The molecule has 0 radical (unpaired) electrons. The molecule has 1 aromatic carbocycles. The van der Waals surface area contributed by atoms with Gasteiger partial charge in [-0.1, -0.05) is 6.92 Å². The first-order chi connectivity index (χ1) is 9.54. The fourth-order valence-electron chi connectivity index (χ4n) is 3.73. The topological polar surface area (TPSA) is 35.5 Å². The molecular weight excluding hydrogens is 252 g/mol. The molecule has 1 aliphatic heterocycles. The van der Waals surface area contributed by atoms with Gasteiger partial charge in [-0.25, -0.2) is 0 Å². The van der Waals surface area contributed by atoms with Crippen LogP contribution in [0.2, 0.25) is 0 Å². The molecule has 1 saturated heterocycles. The highest BCUT2D eigenvalue weighted by molar-refractivity contribution is 5.76. The third kappa shape index (κ3) is 1.83. The van der Waals surface area contributed by atoms with E-state index in [0.717, 1.165) is 24.2 Å². The predicted molar refractivity (Wildman–Crippen MR) is 76.9 cm³/mol. The Morgan fingerprint density at radius 3 is 2.85 bits per heavy atom. The van der Waals surface area contributed by atoms with Crippen molar-refractivity contribution >= 4 is 5.97 Å². The molecule has 3 nitrogen and oxygen atoms in total. The first-order valence-electron chi connectivity index (χ1n) is 7.50. The van der Waals surface area contributed by atoms with E-state index in [0.29, 0.717) is 12.5 Å². The number of carbonyl (C=O) groups excluding carboxylic acids is 1. The number of carbonyl (C=O) groups is 1. The molecule has 0 N–H and O–H groups in total. The van der Waals surface area contributed by atoms with Gasteiger partial charge < -0.3 is 9.47 Å². The van der Waals surface area contributed by atoms with Gasteiger partial charge in [-0.05, 0) is 56.4 Å². The predicted octanol–water partition coefficient (Wildman–Crippen LogP) is 3.50.